The van der Waals surface area contributed by atoms with E-state index in [1.54, 1.807) is 0 Å². The number of aliphatic hydroxyl groups is 1. The molecule has 0 spiro atoms. The van der Waals surface area contributed by atoms with E-state index in [2.05, 4.69) is 33.3 Å². The van der Waals surface area contributed by atoms with Crippen molar-refractivity contribution in [3.8, 4) is 0 Å². The third-order valence-corrected chi connectivity index (χ3v) is 3.79. The number of aromatic nitrogens is 2. The Kier molecular flexibility index (Phi) is 5.16. The molecular weight excluding hydrogens is 282 g/mol. The summed E-state index contributed by atoms with van der Waals surface area (Å²) in [5, 5.41) is 17.9. The van der Waals surface area contributed by atoms with Crippen LogP contribution in [0.1, 0.15) is 32.2 Å². The molecule has 0 bridgehead atoms. The molecule has 1 unspecified atom stereocenters. The van der Waals surface area contributed by atoms with Gasteiger partial charge in [0.15, 0.2) is 0 Å². The summed E-state index contributed by atoms with van der Waals surface area (Å²) in [6.45, 7) is 10.2. The molecule has 0 saturated carbocycles. The number of nitrogens with one attached hydrogen (secondary N) is 1. The molecule has 0 aromatic carbocycles. The van der Waals surface area contributed by atoms with Crippen LogP contribution in [0.2, 0.25) is 0 Å². The molecule has 1 rings (SSSR count). The fourth-order valence-corrected chi connectivity index (χ4v) is 2.28. The molecule has 98 valence electrons. The Bertz CT molecular complexity index is 374. The van der Waals surface area contributed by atoms with Gasteiger partial charge in [-0.05, 0) is 43.2 Å². The van der Waals surface area contributed by atoms with Crippen molar-refractivity contribution in [2.45, 2.75) is 46.3 Å². The zero-order valence-corrected chi connectivity index (χ0v) is 12.6. The minimum atomic E-state index is -0.752. The first-order valence-corrected chi connectivity index (χ1v) is 6.85. The first kappa shape index (κ1) is 14.7. The van der Waals surface area contributed by atoms with Crippen LogP contribution in [0, 0.1) is 6.92 Å². The predicted octanol–water partition coefficient (Wildman–Crippen LogP) is 1.88. The number of rotatable bonds is 6. The molecule has 0 aliphatic carbocycles. The summed E-state index contributed by atoms with van der Waals surface area (Å²) >= 11 is 3.55. The molecule has 0 amide bonds. The van der Waals surface area contributed by atoms with Crippen LogP contribution in [-0.2, 0) is 13.0 Å². The van der Waals surface area contributed by atoms with Crippen LogP contribution in [0.3, 0.4) is 0 Å². The molecule has 2 N–H and O–H groups in total. The highest BCUT2D eigenvalue weighted by atomic mass is 79.9. The van der Waals surface area contributed by atoms with Crippen molar-refractivity contribution in [2.75, 3.05) is 13.1 Å². The largest absolute Gasteiger partial charge is 0.388 e. The van der Waals surface area contributed by atoms with Gasteiger partial charge in [0.25, 0.3) is 0 Å². The molecule has 5 heteroatoms. The quantitative estimate of drug-likeness (QED) is 0.843. The first-order chi connectivity index (χ1) is 7.91. The van der Waals surface area contributed by atoms with Gasteiger partial charge in [0, 0.05) is 19.5 Å². The van der Waals surface area contributed by atoms with Crippen LogP contribution in [0.5, 0.6) is 0 Å². The van der Waals surface area contributed by atoms with E-state index in [-0.39, 0.29) is 0 Å². The van der Waals surface area contributed by atoms with Crippen molar-refractivity contribution in [3.63, 3.8) is 0 Å². The minimum absolute atomic E-state index is 0.587. The van der Waals surface area contributed by atoms with E-state index in [4.69, 9.17) is 0 Å². The molecule has 4 nitrogen and oxygen atoms in total. The number of likely N-dealkylation sites (N-methyl/N-ethyl adjacent to an activating group) is 1. The molecule has 1 atom stereocenters. The average Bonchev–Trinajstić information content (AvgIpc) is 2.54. The lowest BCUT2D eigenvalue weighted by Crippen LogP contribution is -2.40. The van der Waals surface area contributed by atoms with Gasteiger partial charge in [0.2, 0.25) is 0 Å². The van der Waals surface area contributed by atoms with Gasteiger partial charge < -0.3 is 10.4 Å². The lowest BCUT2D eigenvalue weighted by Gasteiger charge is -2.24. The van der Waals surface area contributed by atoms with Crippen molar-refractivity contribution in [1.82, 2.24) is 15.1 Å². The van der Waals surface area contributed by atoms with Crippen LogP contribution in [0.4, 0.5) is 0 Å². The van der Waals surface area contributed by atoms with E-state index in [1.807, 2.05) is 25.5 Å². The van der Waals surface area contributed by atoms with Crippen LogP contribution >= 0.6 is 15.9 Å². The van der Waals surface area contributed by atoms with Crippen LogP contribution < -0.4 is 5.32 Å². The average molecular weight is 304 g/mol. The molecule has 1 aromatic rings. The fourth-order valence-electron chi connectivity index (χ4n) is 1.86. The third-order valence-electron chi connectivity index (χ3n) is 2.76. The molecule has 0 aliphatic rings. The predicted molar refractivity (Wildman–Crippen MR) is 73.2 cm³/mol. The smallest absolute Gasteiger partial charge is 0.0799 e. The van der Waals surface area contributed by atoms with E-state index in [9.17, 15) is 5.11 Å². The van der Waals surface area contributed by atoms with Gasteiger partial charge in [-0.1, -0.05) is 6.92 Å². The number of nitrogens with zero attached hydrogens (tertiary/aromatic N) is 2. The fraction of sp³-hybridized carbons (Fsp3) is 0.750. The summed E-state index contributed by atoms with van der Waals surface area (Å²) in [4.78, 5) is 0. The van der Waals surface area contributed by atoms with Crippen molar-refractivity contribution in [3.05, 3.63) is 15.9 Å². The minimum Gasteiger partial charge on any atom is -0.388 e. The summed E-state index contributed by atoms with van der Waals surface area (Å²) < 4.78 is 2.95. The third kappa shape index (κ3) is 3.79. The maximum atomic E-state index is 10.3. The Balaban J connectivity index is 2.86. The SMILES string of the molecule is CCNCC(C)(O)Cc1c(Br)c(C)nn1CC. The summed E-state index contributed by atoms with van der Waals surface area (Å²) in [6.07, 6.45) is 0.593. The van der Waals surface area contributed by atoms with Crippen LogP contribution in [-0.4, -0.2) is 33.6 Å². The van der Waals surface area contributed by atoms with Gasteiger partial charge in [-0.25, -0.2) is 0 Å². The van der Waals surface area contributed by atoms with Gasteiger partial charge in [0.1, 0.15) is 0 Å². The zero-order chi connectivity index (χ0) is 13.1. The topological polar surface area (TPSA) is 50.1 Å². The molecule has 1 heterocycles. The Labute approximate surface area is 112 Å². The lowest BCUT2D eigenvalue weighted by molar-refractivity contribution is 0.0584. The molecule has 1 aromatic heterocycles. The number of halogens is 1. The summed E-state index contributed by atoms with van der Waals surface area (Å²) in [5.41, 5.74) is 1.28. The molecule has 17 heavy (non-hydrogen) atoms. The summed E-state index contributed by atoms with van der Waals surface area (Å²) in [7, 11) is 0. The van der Waals surface area contributed by atoms with Crippen molar-refractivity contribution >= 4 is 15.9 Å². The molecule has 0 radical (unpaired) electrons. The second-order valence-corrected chi connectivity index (χ2v) is 5.41. The van der Waals surface area contributed by atoms with E-state index < -0.39 is 5.60 Å². The van der Waals surface area contributed by atoms with Crippen LogP contribution in [0.15, 0.2) is 4.47 Å². The zero-order valence-electron chi connectivity index (χ0n) is 11.0. The Morgan fingerprint density at radius 1 is 1.47 bits per heavy atom. The van der Waals surface area contributed by atoms with E-state index in [1.165, 1.54) is 0 Å². The van der Waals surface area contributed by atoms with Crippen LogP contribution in [0.25, 0.3) is 0 Å². The molecule has 0 aliphatic heterocycles. The van der Waals surface area contributed by atoms with Gasteiger partial charge in [-0.2, -0.15) is 5.10 Å². The lowest BCUT2D eigenvalue weighted by atomic mass is 10.00. The highest BCUT2D eigenvalue weighted by Crippen LogP contribution is 2.24. The van der Waals surface area contributed by atoms with Crippen molar-refractivity contribution in [1.29, 1.82) is 0 Å². The second-order valence-electron chi connectivity index (χ2n) is 4.62. The maximum Gasteiger partial charge on any atom is 0.0799 e. The summed E-state index contributed by atoms with van der Waals surface area (Å²) in [6, 6.07) is 0. The van der Waals surface area contributed by atoms with Crippen molar-refractivity contribution in [2.24, 2.45) is 0 Å². The first-order valence-electron chi connectivity index (χ1n) is 6.06. The number of hydrogen-bond donors (Lipinski definition) is 2. The maximum absolute atomic E-state index is 10.3. The Morgan fingerprint density at radius 3 is 2.65 bits per heavy atom. The molecular formula is C12H22BrN3O. The molecule has 0 fully saturated rings. The normalized spacial score (nSPS) is 14.9. The standard InChI is InChI=1S/C12H22BrN3O/c1-5-14-8-12(4,17)7-10-11(13)9(3)15-16(10)6-2/h14,17H,5-8H2,1-4H3. The highest BCUT2D eigenvalue weighted by Gasteiger charge is 2.25. The van der Waals surface area contributed by atoms with Gasteiger partial charge in [-0.15, -0.1) is 0 Å². The number of aryl methyl sites for hydroxylation is 2. The monoisotopic (exact) mass is 303 g/mol. The van der Waals surface area contributed by atoms with Gasteiger partial charge in [0.05, 0.1) is 21.5 Å². The van der Waals surface area contributed by atoms with E-state index in [0.717, 1.165) is 29.0 Å². The number of hydrogen-bond acceptors (Lipinski definition) is 3. The van der Waals surface area contributed by atoms with E-state index in [0.29, 0.717) is 13.0 Å². The van der Waals surface area contributed by atoms with E-state index >= 15 is 0 Å². The Morgan fingerprint density at radius 2 is 2.12 bits per heavy atom. The summed E-state index contributed by atoms with van der Waals surface area (Å²) in [5.74, 6) is 0. The van der Waals surface area contributed by atoms with Crippen molar-refractivity contribution < 1.29 is 5.11 Å². The van der Waals surface area contributed by atoms with Gasteiger partial charge >= 0.3 is 0 Å². The second kappa shape index (κ2) is 5.98. The van der Waals surface area contributed by atoms with Gasteiger partial charge in [-0.3, -0.25) is 4.68 Å². The highest BCUT2D eigenvalue weighted by molar-refractivity contribution is 9.10. The molecule has 0 saturated heterocycles. The Hall–Kier alpha value is -0.390.